The molecule has 0 bridgehead atoms. The van der Waals surface area contributed by atoms with E-state index in [1.165, 1.54) is 0 Å². The molecule has 0 saturated heterocycles. The highest BCUT2D eigenvalue weighted by Crippen LogP contribution is 2.21. The number of carbonyl (C=O) groups is 2. The summed E-state index contributed by atoms with van der Waals surface area (Å²) in [4.78, 5) is 22.4. The number of esters is 1. The van der Waals surface area contributed by atoms with Gasteiger partial charge in [-0.05, 0) is 19.3 Å². The lowest BCUT2D eigenvalue weighted by Crippen LogP contribution is -2.35. The highest BCUT2D eigenvalue weighted by molar-refractivity contribution is 5.86. The van der Waals surface area contributed by atoms with Crippen molar-refractivity contribution in [2.45, 2.75) is 40.7 Å². The zero-order valence-electron chi connectivity index (χ0n) is 11.8. The van der Waals surface area contributed by atoms with Crippen LogP contribution in [0.15, 0.2) is 12.2 Å². The first-order valence-electron chi connectivity index (χ1n) is 5.91. The second-order valence-corrected chi connectivity index (χ2v) is 5.26. The second kappa shape index (κ2) is 7.03. The lowest BCUT2D eigenvalue weighted by atomic mass is 9.90. The van der Waals surface area contributed by atoms with Gasteiger partial charge in [-0.1, -0.05) is 27.4 Å². The number of carbonyl (C=O) groups excluding carboxylic acids is 2. The molecule has 5 nitrogen and oxygen atoms in total. The van der Waals surface area contributed by atoms with Crippen LogP contribution in [0.4, 0.5) is 4.79 Å². The molecule has 104 valence electrons. The number of nitrogens with one attached hydrogen (secondary N) is 1. The van der Waals surface area contributed by atoms with Crippen LogP contribution in [0.3, 0.4) is 0 Å². The van der Waals surface area contributed by atoms with Gasteiger partial charge in [0, 0.05) is 5.57 Å². The van der Waals surface area contributed by atoms with E-state index < -0.39 is 12.1 Å². The van der Waals surface area contributed by atoms with Gasteiger partial charge in [-0.3, -0.25) is 0 Å². The monoisotopic (exact) mass is 257 g/mol. The van der Waals surface area contributed by atoms with E-state index in [0.29, 0.717) is 5.57 Å². The van der Waals surface area contributed by atoms with Crippen molar-refractivity contribution in [2.75, 3.05) is 13.2 Å². The van der Waals surface area contributed by atoms with Gasteiger partial charge < -0.3 is 14.8 Å². The maximum absolute atomic E-state index is 11.4. The Hall–Kier alpha value is -1.52. The fourth-order valence-corrected chi connectivity index (χ4v) is 0.799. The first-order valence-corrected chi connectivity index (χ1v) is 5.91. The van der Waals surface area contributed by atoms with Crippen LogP contribution in [0.5, 0.6) is 0 Å². The lowest BCUT2D eigenvalue weighted by Gasteiger charge is -2.26. The Balaban J connectivity index is 3.79. The SMILES string of the molecule is C=C(C)C(=O)OCCNC(=O)OC(C)C(C)(C)C. The van der Waals surface area contributed by atoms with Gasteiger partial charge in [0.15, 0.2) is 0 Å². The maximum Gasteiger partial charge on any atom is 0.407 e. The highest BCUT2D eigenvalue weighted by Gasteiger charge is 2.23. The summed E-state index contributed by atoms with van der Waals surface area (Å²) in [6, 6.07) is 0. The lowest BCUT2D eigenvalue weighted by molar-refractivity contribution is -0.138. The Morgan fingerprint density at radius 1 is 1.33 bits per heavy atom. The van der Waals surface area contributed by atoms with E-state index in [1.807, 2.05) is 27.7 Å². The molecule has 0 radical (unpaired) electrons. The third kappa shape index (κ3) is 6.93. The van der Waals surface area contributed by atoms with Crippen LogP contribution >= 0.6 is 0 Å². The minimum absolute atomic E-state index is 0.102. The summed E-state index contributed by atoms with van der Waals surface area (Å²) >= 11 is 0. The van der Waals surface area contributed by atoms with E-state index in [-0.39, 0.29) is 24.7 Å². The molecule has 0 heterocycles. The number of alkyl carbamates (subject to hydrolysis) is 1. The Morgan fingerprint density at radius 3 is 2.33 bits per heavy atom. The van der Waals surface area contributed by atoms with E-state index in [1.54, 1.807) is 6.92 Å². The molecule has 0 aliphatic carbocycles. The summed E-state index contributed by atoms with van der Waals surface area (Å²) in [5.74, 6) is -0.465. The van der Waals surface area contributed by atoms with Gasteiger partial charge in [-0.2, -0.15) is 0 Å². The quantitative estimate of drug-likeness (QED) is 0.466. The van der Waals surface area contributed by atoms with E-state index >= 15 is 0 Å². The minimum atomic E-state index is -0.510. The van der Waals surface area contributed by atoms with E-state index in [2.05, 4.69) is 11.9 Å². The summed E-state index contributed by atoms with van der Waals surface area (Å²) in [5, 5.41) is 2.51. The highest BCUT2D eigenvalue weighted by atomic mass is 16.6. The smallest absolute Gasteiger partial charge is 0.407 e. The molecule has 1 unspecified atom stereocenters. The normalized spacial score (nSPS) is 12.5. The largest absolute Gasteiger partial charge is 0.460 e. The maximum atomic E-state index is 11.4. The molecule has 0 saturated carbocycles. The number of hydrogen-bond acceptors (Lipinski definition) is 4. The molecule has 0 rings (SSSR count). The number of ether oxygens (including phenoxy) is 2. The fourth-order valence-electron chi connectivity index (χ4n) is 0.799. The molecular weight excluding hydrogens is 234 g/mol. The van der Waals surface area contributed by atoms with Gasteiger partial charge in [0.2, 0.25) is 0 Å². The van der Waals surface area contributed by atoms with Crippen molar-refractivity contribution in [1.82, 2.24) is 5.32 Å². The van der Waals surface area contributed by atoms with Gasteiger partial charge in [0.25, 0.3) is 0 Å². The van der Waals surface area contributed by atoms with Crippen LogP contribution in [0.25, 0.3) is 0 Å². The molecule has 0 aliphatic rings. The topological polar surface area (TPSA) is 64.6 Å². The zero-order chi connectivity index (χ0) is 14.3. The standard InChI is InChI=1S/C13H23NO4/c1-9(2)11(15)17-8-7-14-12(16)18-10(3)13(4,5)6/h10H,1,7-8H2,2-6H3,(H,14,16). The van der Waals surface area contributed by atoms with Crippen LogP contribution in [-0.2, 0) is 14.3 Å². The molecular formula is C13H23NO4. The van der Waals surface area contributed by atoms with Crippen molar-refractivity contribution in [3.8, 4) is 0 Å². The van der Waals surface area contributed by atoms with Gasteiger partial charge in [0.05, 0.1) is 6.54 Å². The van der Waals surface area contributed by atoms with E-state index in [0.717, 1.165) is 0 Å². The molecule has 0 aliphatic heterocycles. The number of hydrogen-bond donors (Lipinski definition) is 1. The molecule has 0 fully saturated rings. The number of rotatable bonds is 5. The molecule has 0 aromatic carbocycles. The molecule has 1 amide bonds. The summed E-state index contributed by atoms with van der Waals surface area (Å²) in [5.41, 5.74) is 0.225. The van der Waals surface area contributed by atoms with Crippen LogP contribution in [0, 0.1) is 5.41 Å². The van der Waals surface area contributed by atoms with Crippen molar-refractivity contribution >= 4 is 12.1 Å². The molecule has 0 spiro atoms. The Labute approximate surface area is 109 Å². The molecule has 0 aromatic heterocycles. The van der Waals surface area contributed by atoms with Crippen LogP contribution < -0.4 is 5.32 Å². The molecule has 1 atom stereocenters. The fraction of sp³-hybridized carbons (Fsp3) is 0.692. The summed E-state index contributed by atoms with van der Waals surface area (Å²) in [6.07, 6.45) is -0.709. The van der Waals surface area contributed by atoms with Gasteiger partial charge in [-0.25, -0.2) is 9.59 Å². The van der Waals surface area contributed by atoms with Gasteiger partial charge >= 0.3 is 12.1 Å². The predicted molar refractivity (Wildman–Crippen MR) is 69.2 cm³/mol. The molecule has 5 heteroatoms. The van der Waals surface area contributed by atoms with Crippen LogP contribution in [-0.4, -0.2) is 31.3 Å². The van der Waals surface area contributed by atoms with Crippen molar-refractivity contribution in [3.05, 3.63) is 12.2 Å². The van der Waals surface area contributed by atoms with E-state index in [4.69, 9.17) is 9.47 Å². The first-order chi connectivity index (χ1) is 8.14. The van der Waals surface area contributed by atoms with Crippen molar-refractivity contribution in [1.29, 1.82) is 0 Å². The average molecular weight is 257 g/mol. The van der Waals surface area contributed by atoms with Crippen LogP contribution in [0.1, 0.15) is 34.6 Å². The molecule has 18 heavy (non-hydrogen) atoms. The van der Waals surface area contributed by atoms with Crippen molar-refractivity contribution < 1.29 is 19.1 Å². The zero-order valence-corrected chi connectivity index (χ0v) is 11.8. The average Bonchev–Trinajstić information content (AvgIpc) is 2.22. The summed E-state index contributed by atoms with van der Waals surface area (Å²) in [6.45, 7) is 13.1. The number of amides is 1. The third-order valence-electron chi connectivity index (χ3n) is 2.46. The Bertz CT molecular complexity index is 317. The van der Waals surface area contributed by atoms with Gasteiger partial charge in [-0.15, -0.1) is 0 Å². The van der Waals surface area contributed by atoms with Crippen molar-refractivity contribution in [2.24, 2.45) is 5.41 Å². The van der Waals surface area contributed by atoms with E-state index in [9.17, 15) is 9.59 Å². The second-order valence-electron chi connectivity index (χ2n) is 5.26. The van der Waals surface area contributed by atoms with Gasteiger partial charge in [0.1, 0.15) is 12.7 Å². The Kier molecular flexibility index (Phi) is 6.44. The first kappa shape index (κ1) is 16.5. The van der Waals surface area contributed by atoms with Crippen LogP contribution in [0.2, 0.25) is 0 Å². The van der Waals surface area contributed by atoms with Crippen molar-refractivity contribution in [3.63, 3.8) is 0 Å². The predicted octanol–water partition coefficient (Wildman–Crippen LogP) is 2.27. The summed E-state index contributed by atoms with van der Waals surface area (Å²) < 4.78 is 9.98. The molecule has 0 aromatic rings. The third-order valence-corrected chi connectivity index (χ3v) is 2.46. The summed E-state index contributed by atoms with van der Waals surface area (Å²) in [7, 11) is 0. The Morgan fingerprint density at radius 2 is 1.89 bits per heavy atom. The minimum Gasteiger partial charge on any atom is -0.460 e. The molecule has 1 N–H and O–H groups in total.